The first kappa shape index (κ1) is 12.4. The molecule has 0 aliphatic carbocycles. The number of benzene rings is 2. The number of pyridine rings is 1. The smallest absolute Gasteiger partial charge is 0.146 e. The van der Waals surface area contributed by atoms with Crippen LogP contribution in [0.25, 0.3) is 10.8 Å². The number of nitrogens with two attached hydrogens (primary N) is 1. The quantitative estimate of drug-likeness (QED) is 0.690. The Morgan fingerprint density at radius 3 is 2.65 bits per heavy atom. The van der Waals surface area contributed by atoms with E-state index in [1.165, 1.54) is 6.07 Å². The molecule has 1 heterocycles. The van der Waals surface area contributed by atoms with Crippen LogP contribution < -0.4 is 11.1 Å². The van der Waals surface area contributed by atoms with Gasteiger partial charge in [0.1, 0.15) is 11.6 Å². The predicted molar refractivity (Wildman–Crippen MR) is 80.6 cm³/mol. The monoisotopic (exact) mass is 267 g/mol. The van der Waals surface area contributed by atoms with Crippen molar-refractivity contribution in [1.82, 2.24) is 4.98 Å². The van der Waals surface area contributed by atoms with Crippen molar-refractivity contribution in [3.63, 3.8) is 0 Å². The van der Waals surface area contributed by atoms with E-state index >= 15 is 0 Å². The van der Waals surface area contributed by atoms with Crippen LogP contribution in [-0.2, 0) is 0 Å². The van der Waals surface area contributed by atoms with Crippen LogP contribution in [0.1, 0.15) is 5.69 Å². The fourth-order valence-corrected chi connectivity index (χ4v) is 2.21. The summed E-state index contributed by atoms with van der Waals surface area (Å²) in [5, 5.41) is 4.83. The number of para-hydroxylation sites is 1. The lowest BCUT2D eigenvalue weighted by Gasteiger charge is -2.12. The van der Waals surface area contributed by atoms with Crippen LogP contribution in [0.15, 0.2) is 48.5 Å². The molecule has 0 aliphatic heterocycles. The lowest BCUT2D eigenvalue weighted by atomic mass is 10.1. The molecule has 0 fully saturated rings. The Morgan fingerprint density at radius 1 is 1.05 bits per heavy atom. The number of nitrogens with one attached hydrogen (secondary N) is 1. The number of nitrogen functional groups attached to an aromatic ring is 1. The van der Waals surface area contributed by atoms with Crippen molar-refractivity contribution in [2.45, 2.75) is 6.92 Å². The predicted octanol–water partition coefficient (Wildman–Crippen LogP) is 4.01. The third-order valence-corrected chi connectivity index (χ3v) is 3.16. The Morgan fingerprint density at radius 2 is 1.85 bits per heavy atom. The van der Waals surface area contributed by atoms with Crippen LogP contribution in [-0.4, -0.2) is 4.98 Å². The molecule has 0 bridgehead atoms. The first-order chi connectivity index (χ1) is 9.65. The molecule has 0 amide bonds. The Labute approximate surface area is 116 Å². The summed E-state index contributed by atoms with van der Waals surface area (Å²) in [6.07, 6.45) is 0. The van der Waals surface area contributed by atoms with Gasteiger partial charge in [-0.15, -0.1) is 0 Å². The van der Waals surface area contributed by atoms with Crippen LogP contribution in [0.2, 0.25) is 0 Å². The number of fused-ring (bicyclic) bond motifs is 1. The molecule has 2 aromatic carbocycles. The van der Waals surface area contributed by atoms with E-state index in [0.717, 1.165) is 16.5 Å². The maximum absolute atomic E-state index is 13.7. The molecule has 0 radical (unpaired) electrons. The minimum Gasteiger partial charge on any atom is -0.398 e. The highest BCUT2D eigenvalue weighted by Crippen LogP contribution is 2.29. The normalized spacial score (nSPS) is 10.7. The maximum atomic E-state index is 13.7. The zero-order valence-corrected chi connectivity index (χ0v) is 11.0. The summed E-state index contributed by atoms with van der Waals surface area (Å²) in [5.41, 5.74) is 7.90. The molecule has 4 heteroatoms. The second-order valence-corrected chi connectivity index (χ2v) is 4.66. The van der Waals surface area contributed by atoms with Crippen molar-refractivity contribution >= 4 is 28.0 Å². The number of hydrogen-bond acceptors (Lipinski definition) is 3. The SMILES string of the molecule is Cc1cc2c(N)cccc2c(Nc2ccccc2F)n1. The second-order valence-electron chi connectivity index (χ2n) is 4.66. The number of aromatic nitrogens is 1. The van der Waals surface area contributed by atoms with Crippen molar-refractivity contribution in [3.8, 4) is 0 Å². The van der Waals surface area contributed by atoms with Crippen molar-refractivity contribution in [3.05, 3.63) is 60.0 Å². The second kappa shape index (κ2) is 4.81. The molecule has 0 unspecified atom stereocenters. The van der Waals surface area contributed by atoms with E-state index in [9.17, 15) is 4.39 Å². The molecule has 3 nitrogen and oxygen atoms in total. The lowest BCUT2D eigenvalue weighted by Crippen LogP contribution is -1.99. The highest BCUT2D eigenvalue weighted by atomic mass is 19.1. The zero-order chi connectivity index (χ0) is 14.1. The van der Waals surface area contributed by atoms with E-state index in [0.29, 0.717) is 17.2 Å². The third-order valence-electron chi connectivity index (χ3n) is 3.16. The topological polar surface area (TPSA) is 50.9 Å². The molecular weight excluding hydrogens is 253 g/mol. The fourth-order valence-electron chi connectivity index (χ4n) is 2.21. The summed E-state index contributed by atoms with van der Waals surface area (Å²) >= 11 is 0. The van der Waals surface area contributed by atoms with Gasteiger partial charge in [0.25, 0.3) is 0 Å². The molecule has 0 aliphatic rings. The number of halogens is 1. The minimum absolute atomic E-state index is 0.312. The molecule has 3 N–H and O–H groups in total. The van der Waals surface area contributed by atoms with E-state index in [2.05, 4.69) is 10.3 Å². The molecule has 20 heavy (non-hydrogen) atoms. The number of hydrogen-bond donors (Lipinski definition) is 2. The van der Waals surface area contributed by atoms with Crippen LogP contribution in [0.3, 0.4) is 0 Å². The number of anilines is 3. The van der Waals surface area contributed by atoms with Gasteiger partial charge in [0.05, 0.1) is 5.69 Å². The molecular formula is C16H14FN3. The number of rotatable bonds is 2. The van der Waals surface area contributed by atoms with Crippen molar-refractivity contribution < 1.29 is 4.39 Å². The van der Waals surface area contributed by atoms with Gasteiger partial charge in [0.15, 0.2) is 0 Å². The lowest BCUT2D eigenvalue weighted by molar-refractivity contribution is 0.632. The Hall–Kier alpha value is -2.62. The Balaban J connectivity index is 2.17. The van der Waals surface area contributed by atoms with E-state index < -0.39 is 0 Å². The van der Waals surface area contributed by atoms with Gasteiger partial charge < -0.3 is 11.1 Å². The van der Waals surface area contributed by atoms with E-state index in [4.69, 9.17) is 5.73 Å². The third kappa shape index (κ3) is 2.16. The molecule has 0 saturated heterocycles. The van der Waals surface area contributed by atoms with Gasteiger partial charge in [-0.05, 0) is 31.2 Å². The summed E-state index contributed by atoms with van der Waals surface area (Å²) in [7, 11) is 0. The molecule has 1 aromatic heterocycles. The molecule has 100 valence electrons. The fraction of sp³-hybridized carbons (Fsp3) is 0.0625. The van der Waals surface area contributed by atoms with Gasteiger partial charge in [-0.25, -0.2) is 9.37 Å². The van der Waals surface area contributed by atoms with Crippen molar-refractivity contribution in [2.24, 2.45) is 0 Å². The highest BCUT2D eigenvalue weighted by Gasteiger charge is 2.08. The maximum Gasteiger partial charge on any atom is 0.146 e. The van der Waals surface area contributed by atoms with Gasteiger partial charge in [-0.2, -0.15) is 0 Å². The summed E-state index contributed by atoms with van der Waals surface area (Å²) in [4.78, 5) is 4.45. The summed E-state index contributed by atoms with van der Waals surface area (Å²) < 4.78 is 13.7. The molecule has 3 aromatic rings. The van der Waals surface area contributed by atoms with Gasteiger partial charge in [0.2, 0.25) is 0 Å². The Kier molecular flexibility index (Phi) is 2.99. The first-order valence-electron chi connectivity index (χ1n) is 6.32. The van der Waals surface area contributed by atoms with Gasteiger partial charge in [0, 0.05) is 22.2 Å². The van der Waals surface area contributed by atoms with E-state index in [1.807, 2.05) is 31.2 Å². The average Bonchev–Trinajstić information content (AvgIpc) is 2.42. The molecule has 3 rings (SSSR count). The van der Waals surface area contributed by atoms with Crippen molar-refractivity contribution in [2.75, 3.05) is 11.1 Å². The van der Waals surface area contributed by atoms with Crippen LogP contribution in [0.5, 0.6) is 0 Å². The number of aryl methyl sites for hydroxylation is 1. The zero-order valence-electron chi connectivity index (χ0n) is 11.0. The highest BCUT2D eigenvalue weighted by molar-refractivity contribution is 6.00. The largest absolute Gasteiger partial charge is 0.398 e. The van der Waals surface area contributed by atoms with Crippen LogP contribution in [0.4, 0.5) is 21.6 Å². The van der Waals surface area contributed by atoms with Crippen LogP contribution >= 0.6 is 0 Å². The molecule has 0 saturated carbocycles. The number of nitrogens with zero attached hydrogens (tertiary/aromatic N) is 1. The first-order valence-corrected chi connectivity index (χ1v) is 6.32. The van der Waals surface area contributed by atoms with E-state index in [-0.39, 0.29) is 5.82 Å². The van der Waals surface area contributed by atoms with Crippen molar-refractivity contribution in [1.29, 1.82) is 0 Å². The summed E-state index contributed by atoms with van der Waals surface area (Å²) in [6.45, 7) is 1.89. The average molecular weight is 267 g/mol. The van der Waals surface area contributed by atoms with Gasteiger partial charge in [-0.1, -0.05) is 24.3 Å². The summed E-state index contributed by atoms with van der Waals surface area (Å²) in [5.74, 6) is 0.297. The van der Waals surface area contributed by atoms with E-state index in [1.54, 1.807) is 18.2 Å². The molecule has 0 spiro atoms. The Bertz CT molecular complexity index is 784. The van der Waals surface area contributed by atoms with Crippen LogP contribution in [0, 0.1) is 12.7 Å². The van der Waals surface area contributed by atoms with Gasteiger partial charge in [-0.3, -0.25) is 0 Å². The van der Waals surface area contributed by atoms with Gasteiger partial charge >= 0.3 is 0 Å². The summed E-state index contributed by atoms with van der Waals surface area (Å²) in [6, 6.07) is 14.1. The molecule has 0 atom stereocenters. The minimum atomic E-state index is -0.312. The standard InChI is InChI=1S/C16H14FN3/c1-10-9-12-11(5-4-7-14(12)18)16(19-10)20-15-8-3-2-6-13(15)17/h2-9H,18H2,1H3,(H,19,20).